The summed E-state index contributed by atoms with van der Waals surface area (Å²) in [5.41, 5.74) is 5.87. The van der Waals surface area contributed by atoms with E-state index in [1.807, 2.05) is 19.1 Å². The fourth-order valence-corrected chi connectivity index (χ4v) is 7.53. The molecule has 0 aromatic heterocycles. The predicted molar refractivity (Wildman–Crippen MR) is 145 cm³/mol. The number of methoxy groups -OCH3 is 1. The Morgan fingerprint density at radius 1 is 0.861 bits per heavy atom. The van der Waals surface area contributed by atoms with Crippen molar-refractivity contribution in [2.45, 2.75) is 49.6 Å². The van der Waals surface area contributed by atoms with Crippen molar-refractivity contribution >= 4 is 10.0 Å². The van der Waals surface area contributed by atoms with Crippen LogP contribution in [-0.4, -0.2) is 63.1 Å². The van der Waals surface area contributed by atoms with E-state index in [1.165, 1.54) is 22.3 Å². The van der Waals surface area contributed by atoms with Crippen molar-refractivity contribution in [3.05, 3.63) is 89.5 Å². The third-order valence-corrected chi connectivity index (χ3v) is 9.62. The largest absolute Gasteiger partial charge is 0.383 e. The van der Waals surface area contributed by atoms with E-state index in [1.54, 1.807) is 23.5 Å². The summed E-state index contributed by atoms with van der Waals surface area (Å²) < 4.78 is 34.6. The van der Waals surface area contributed by atoms with Gasteiger partial charge in [0.1, 0.15) is 0 Å². The van der Waals surface area contributed by atoms with Gasteiger partial charge < -0.3 is 4.74 Å². The number of hydrogen-bond donors (Lipinski definition) is 0. The first-order chi connectivity index (χ1) is 17.4. The lowest BCUT2D eigenvalue weighted by Crippen LogP contribution is -2.68. The highest BCUT2D eigenvalue weighted by Gasteiger charge is 2.50. The monoisotopic (exact) mass is 504 g/mol. The maximum absolute atomic E-state index is 13.6. The zero-order chi connectivity index (χ0) is 25.3. The SMILES string of the molecule is COC[C@@H]1[C@@H](c2ccc(-c3cccc(C)c3)cc2)[C@@H]2CN(S(=O)(=O)c3cccc(C)c3)CCCCN12. The Bertz CT molecular complexity index is 1310. The lowest BCUT2D eigenvalue weighted by atomic mass is 9.74. The van der Waals surface area contributed by atoms with E-state index in [4.69, 9.17) is 4.74 Å². The van der Waals surface area contributed by atoms with E-state index in [2.05, 4.69) is 60.4 Å². The van der Waals surface area contributed by atoms with Gasteiger partial charge in [0.2, 0.25) is 10.0 Å². The Morgan fingerprint density at radius 2 is 1.56 bits per heavy atom. The summed E-state index contributed by atoms with van der Waals surface area (Å²) in [7, 11) is -1.80. The first-order valence-electron chi connectivity index (χ1n) is 12.9. The van der Waals surface area contributed by atoms with Gasteiger partial charge in [-0.2, -0.15) is 4.31 Å². The highest BCUT2D eigenvalue weighted by molar-refractivity contribution is 7.89. The van der Waals surface area contributed by atoms with Crippen LogP contribution in [0.5, 0.6) is 0 Å². The third kappa shape index (κ3) is 4.88. The molecule has 3 atom stereocenters. The number of sulfonamides is 1. The summed E-state index contributed by atoms with van der Waals surface area (Å²) in [6.45, 7) is 6.74. The number of rotatable bonds is 6. The molecule has 2 aliphatic heterocycles. The van der Waals surface area contributed by atoms with Crippen molar-refractivity contribution in [3.8, 4) is 11.1 Å². The highest BCUT2D eigenvalue weighted by Crippen LogP contribution is 2.43. The van der Waals surface area contributed by atoms with Crippen LogP contribution < -0.4 is 0 Å². The summed E-state index contributed by atoms with van der Waals surface area (Å²) >= 11 is 0. The van der Waals surface area contributed by atoms with Crippen LogP contribution >= 0.6 is 0 Å². The van der Waals surface area contributed by atoms with Crippen LogP contribution in [0.15, 0.2) is 77.7 Å². The Kier molecular flexibility index (Phi) is 7.31. The van der Waals surface area contributed by atoms with Gasteiger partial charge in [-0.25, -0.2) is 8.42 Å². The van der Waals surface area contributed by atoms with Crippen LogP contribution in [0.4, 0.5) is 0 Å². The molecule has 2 fully saturated rings. The van der Waals surface area contributed by atoms with Gasteiger partial charge in [-0.15, -0.1) is 0 Å². The first kappa shape index (κ1) is 25.2. The molecule has 3 aromatic carbocycles. The molecular formula is C30H36N2O3S. The third-order valence-electron chi connectivity index (χ3n) is 7.76. The number of fused-ring (bicyclic) bond motifs is 1. The van der Waals surface area contributed by atoms with E-state index in [-0.39, 0.29) is 18.0 Å². The predicted octanol–water partition coefficient (Wildman–Crippen LogP) is 5.24. The molecule has 3 aromatic rings. The zero-order valence-corrected chi connectivity index (χ0v) is 22.2. The molecule has 0 unspecified atom stereocenters. The second-order valence-electron chi connectivity index (χ2n) is 10.2. The van der Waals surface area contributed by atoms with Crippen LogP contribution in [0.25, 0.3) is 11.1 Å². The number of hydrogen-bond acceptors (Lipinski definition) is 4. The zero-order valence-electron chi connectivity index (χ0n) is 21.4. The number of ether oxygens (including phenoxy) is 1. The summed E-state index contributed by atoms with van der Waals surface area (Å²) in [6.07, 6.45) is 1.85. The van der Waals surface area contributed by atoms with E-state index in [0.29, 0.717) is 24.6 Å². The molecule has 2 heterocycles. The quantitative estimate of drug-likeness (QED) is 0.461. The Balaban J connectivity index is 1.44. The normalized spacial score (nSPS) is 23.4. The molecule has 2 aliphatic rings. The minimum Gasteiger partial charge on any atom is -0.383 e. The van der Waals surface area contributed by atoms with Crippen LogP contribution in [0.2, 0.25) is 0 Å². The average Bonchev–Trinajstić information content (AvgIpc) is 2.85. The molecule has 0 bridgehead atoms. The molecule has 5 nitrogen and oxygen atoms in total. The maximum Gasteiger partial charge on any atom is 0.243 e. The molecule has 2 saturated heterocycles. The Morgan fingerprint density at radius 3 is 2.25 bits per heavy atom. The van der Waals surface area contributed by atoms with Gasteiger partial charge in [0.25, 0.3) is 0 Å². The highest BCUT2D eigenvalue weighted by atomic mass is 32.2. The van der Waals surface area contributed by atoms with Crippen molar-refractivity contribution in [1.29, 1.82) is 0 Å². The van der Waals surface area contributed by atoms with Crippen LogP contribution in [0.3, 0.4) is 0 Å². The second-order valence-corrected chi connectivity index (χ2v) is 12.2. The van der Waals surface area contributed by atoms with Gasteiger partial charge in [0, 0.05) is 38.2 Å². The van der Waals surface area contributed by atoms with Crippen LogP contribution in [0.1, 0.15) is 35.4 Å². The Labute approximate surface area is 215 Å². The van der Waals surface area contributed by atoms with Gasteiger partial charge in [0.05, 0.1) is 11.5 Å². The maximum atomic E-state index is 13.6. The summed E-state index contributed by atoms with van der Waals surface area (Å²) in [5, 5.41) is 0. The molecule has 0 N–H and O–H groups in total. The molecule has 0 radical (unpaired) electrons. The minimum absolute atomic E-state index is 0.134. The van der Waals surface area contributed by atoms with E-state index in [9.17, 15) is 8.42 Å². The summed E-state index contributed by atoms with van der Waals surface area (Å²) in [6, 6.07) is 25.0. The number of benzene rings is 3. The minimum atomic E-state index is -3.55. The molecule has 0 aliphatic carbocycles. The molecule has 190 valence electrons. The number of aryl methyl sites for hydroxylation is 2. The van der Waals surface area contributed by atoms with E-state index in [0.717, 1.165) is 24.9 Å². The fraction of sp³-hybridized carbons (Fsp3) is 0.400. The molecular weight excluding hydrogens is 468 g/mol. The van der Waals surface area contributed by atoms with Crippen LogP contribution in [0, 0.1) is 13.8 Å². The standard InChI is InChI=1S/C30H36N2O3S/c1-22-8-6-10-26(18-22)24-12-14-25(15-13-24)30-28-20-31(16-4-5-17-32(28)29(30)21-35-3)36(33,34)27-11-7-9-23(2)19-27/h6-15,18-19,28-30H,4-5,16-17,20-21H2,1-3H3/t28-,29+,30-/m0/s1. The van der Waals surface area contributed by atoms with Gasteiger partial charge in [-0.3, -0.25) is 4.90 Å². The fourth-order valence-electron chi connectivity index (χ4n) is 5.93. The van der Waals surface area contributed by atoms with Gasteiger partial charge in [-0.1, -0.05) is 66.2 Å². The van der Waals surface area contributed by atoms with Crippen molar-refractivity contribution in [1.82, 2.24) is 9.21 Å². The van der Waals surface area contributed by atoms with E-state index >= 15 is 0 Å². The lowest BCUT2D eigenvalue weighted by molar-refractivity contribution is -0.0635. The molecule has 6 heteroatoms. The molecule has 0 saturated carbocycles. The molecule has 5 rings (SSSR count). The van der Waals surface area contributed by atoms with Crippen molar-refractivity contribution in [2.24, 2.45) is 0 Å². The first-order valence-corrected chi connectivity index (χ1v) is 14.3. The average molecular weight is 505 g/mol. The van der Waals surface area contributed by atoms with E-state index < -0.39 is 10.0 Å². The van der Waals surface area contributed by atoms with Crippen molar-refractivity contribution in [3.63, 3.8) is 0 Å². The lowest BCUT2D eigenvalue weighted by Gasteiger charge is -2.57. The van der Waals surface area contributed by atoms with Gasteiger partial charge >= 0.3 is 0 Å². The summed E-state index contributed by atoms with van der Waals surface area (Å²) in [5.74, 6) is 0.227. The molecule has 0 amide bonds. The second kappa shape index (κ2) is 10.5. The van der Waals surface area contributed by atoms with Crippen molar-refractivity contribution < 1.29 is 13.2 Å². The van der Waals surface area contributed by atoms with Crippen molar-refractivity contribution in [2.75, 3.05) is 33.4 Å². The smallest absolute Gasteiger partial charge is 0.243 e. The summed E-state index contributed by atoms with van der Waals surface area (Å²) in [4.78, 5) is 2.86. The Hall–Kier alpha value is -2.51. The molecule has 0 spiro atoms. The van der Waals surface area contributed by atoms with Gasteiger partial charge in [-0.05, 0) is 67.6 Å². The van der Waals surface area contributed by atoms with Crippen LogP contribution in [-0.2, 0) is 14.8 Å². The topological polar surface area (TPSA) is 49.9 Å². The van der Waals surface area contributed by atoms with Gasteiger partial charge in [0.15, 0.2) is 0 Å². The molecule has 36 heavy (non-hydrogen) atoms. The number of nitrogens with zero attached hydrogens (tertiary/aromatic N) is 2.